The van der Waals surface area contributed by atoms with Gasteiger partial charge in [-0.2, -0.15) is 0 Å². The maximum Gasteiger partial charge on any atom is 0.251 e. The first-order valence-corrected chi connectivity index (χ1v) is 12.3. The number of para-hydroxylation sites is 2. The number of nitrogens with zero attached hydrogens (tertiary/aromatic N) is 2. The number of halogens is 3. The molecule has 0 fully saturated rings. The lowest BCUT2D eigenvalue weighted by Gasteiger charge is -2.21. The van der Waals surface area contributed by atoms with Gasteiger partial charge in [-0.3, -0.25) is 9.59 Å². The number of fused-ring (bicyclic) bond motifs is 2. The second-order valence-corrected chi connectivity index (χ2v) is 10.4. The minimum absolute atomic E-state index is 0.0369. The molecule has 0 unspecified atom stereocenters. The van der Waals surface area contributed by atoms with E-state index in [4.69, 9.17) is 16.0 Å². The van der Waals surface area contributed by atoms with Crippen molar-refractivity contribution in [1.82, 2.24) is 10.3 Å². The highest BCUT2D eigenvalue weighted by Crippen LogP contribution is 2.45. The summed E-state index contributed by atoms with van der Waals surface area (Å²) < 4.78 is 21.0. The van der Waals surface area contributed by atoms with E-state index in [1.165, 1.54) is 17.0 Å². The van der Waals surface area contributed by atoms with Crippen LogP contribution in [0.2, 0.25) is 5.02 Å². The average molecular weight is 604 g/mol. The van der Waals surface area contributed by atoms with E-state index in [-0.39, 0.29) is 35.5 Å². The highest BCUT2D eigenvalue weighted by atomic mass is 127. The summed E-state index contributed by atoms with van der Waals surface area (Å²) >= 11 is 8.37. The zero-order valence-corrected chi connectivity index (χ0v) is 21.8. The van der Waals surface area contributed by atoms with Crippen molar-refractivity contribution in [1.29, 1.82) is 0 Å². The number of hydrogen-bond donors (Lipinski definition) is 1. The van der Waals surface area contributed by atoms with Crippen LogP contribution >= 0.6 is 34.2 Å². The number of nitrogens with one attached hydrogen (secondary N) is 1. The van der Waals surface area contributed by atoms with E-state index in [9.17, 15) is 14.0 Å². The fourth-order valence-corrected chi connectivity index (χ4v) is 5.87. The molecule has 1 aliphatic rings. The van der Waals surface area contributed by atoms with E-state index in [2.05, 4.69) is 32.9 Å². The van der Waals surface area contributed by atoms with Gasteiger partial charge >= 0.3 is 0 Å². The van der Waals surface area contributed by atoms with E-state index in [1.54, 1.807) is 18.2 Å². The van der Waals surface area contributed by atoms with Gasteiger partial charge in [0, 0.05) is 25.3 Å². The van der Waals surface area contributed by atoms with E-state index in [0.717, 1.165) is 9.13 Å². The maximum atomic E-state index is 14.5. The van der Waals surface area contributed by atoms with Crippen molar-refractivity contribution in [3.8, 4) is 0 Å². The minimum Gasteiger partial charge on any atom is -0.439 e. The first-order chi connectivity index (χ1) is 16.7. The molecule has 3 aromatic carbocycles. The molecule has 0 radical (unpaired) electrons. The number of amides is 2. The van der Waals surface area contributed by atoms with Gasteiger partial charge in [-0.1, -0.05) is 29.8 Å². The molecular weight excluding hydrogens is 584 g/mol. The molecule has 0 atom stereocenters. The minimum atomic E-state index is -0.837. The summed E-state index contributed by atoms with van der Waals surface area (Å²) in [5.74, 6) is -0.621. The Kier molecular flexibility index (Phi) is 6.04. The van der Waals surface area contributed by atoms with Crippen LogP contribution in [-0.2, 0) is 23.3 Å². The van der Waals surface area contributed by atoms with Crippen LogP contribution in [0.3, 0.4) is 0 Å². The first kappa shape index (κ1) is 23.7. The van der Waals surface area contributed by atoms with E-state index < -0.39 is 11.2 Å². The molecule has 1 aliphatic heterocycles. The summed E-state index contributed by atoms with van der Waals surface area (Å²) in [6.07, 6.45) is 0. The Morgan fingerprint density at radius 2 is 1.97 bits per heavy atom. The number of hydrogen-bond acceptors (Lipinski definition) is 4. The van der Waals surface area contributed by atoms with Gasteiger partial charge in [0.2, 0.25) is 11.8 Å². The molecule has 1 N–H and O–H groups in total. The van der Waals surface area contributed by atoms with Crippen LogP contribution in [0.5, 0.6) is 0 Å². The van der Waals surface area contributed by atoms with Crippen LogP contribution < -0.4 is 10.2 Å². The van der Waals surface area contributed by atoms with Crippen LogP contribution in [-0.4, -0.2) is 16.8 Å². The van der Waals surface area contributed by atoms with Crippen LogP contribution in [0, 0.1) is 9.39 Å². The Morgan fingerprint density at radius 1 is 1.20 bits per heavy atom. The van der Waals surface area contributed by atoms with Crippen LogP contribution in [0.15, 0.2) is 59.0 Å². The normalized spacial score (nSPS) is 14.4. The third kappa shape index (κ3) is 4.18. The standard InChI is InChI=1S/C26H20ClFIN3O3/c1-26(2)23-18(29)10-14(24(33)30-12-22-31-19-8-3-4-9-21(19)35-22)11-20(23)32(25(26)34)13-15-16(27)6-5-7-17(15)28/h3-11H,12-13H2,1-2H3,(H,30,33). The Labute approximate surface area is 219 Å². The lowest BCUT2D eigenvalue weighted by molar-refractivity contribution is -0.122. The third-order valence-electron chi connectivity index (χ3n) is 6.14. The molecule has 0 bridgehead atoms. The molecule has 2 amide bonds. The van der Waals surface area contributed by atoms with Crippen molar-refractivity contribution < 1.29 is 18.4 Å². The monoisotopic (exact) mass is 603 g/mol. The number of carbonyl (C=O) groups excluding carboxylic acids is 2. The molecule has 0 saturated heterocycles. The smallest absolute Gasteiger partial charge is 0.251 e. The number of rotatable bonds is 5. The summed E-state index contributed by atoms with van der Waals surface area (Å²) in [6.45, 7) is 3.73. The number of oxazole rings is 1. The first-order valence-electron chi connectivity index (χ1n) is 10.9. The van der Waals surface area contributed by atoms with Crippen molar-refractivity contribution >= 4 is 62.8 Å². The van der Waals surface area contributed by atoms with Gasteiger partial charge < -0.3 is 14.6 Å². The van der Waals surface area contributed by atoms with Gasteiger partial charge in [0.05, 0.1) is 24.2 Å². The second-order valence-electron chi connectivity index (χ2n) is 8.83. The fraction of sp³-hybridized carbons (Fsp3) is 0.192. The van der Waals surface area contributed by atoms with Crippen LogP contribution in [0.4, 0.5) is 10.1 Å². The molecular formula is C26H20ClFIN3O3. The largest absolute Gasteiger partial charge is 0.439 e. The predicted molar refractivity (Wildman–Crippen MR) is 140 cm³/mol. The zero-order valence-electron chi connectivity index (χ0n) is 18.9. The molecule has 1 aromatic heterocycles. The van der Waals surface area contributed by atoms with E-state index >= 15 is 0 Å². The molecule has 0 spiro atoms. The third-order valence-corrected chi connectivity index (χ3v) is 7.35. The number of carbonyl (C=O) groups is 2. The highest BCUT2D eigenvalue weighted by Gasteiger charge is 2.46. The predicted octanol–water partition coefficient (Wildman–Crippen LogP) is 5.98. The SMILES string of the molecule is CC1(C)C(=O)N(Cc2c(F)cccc2Cl)c2cc(C(=O)NCc3nc4ccccc4o3)cc(I)c21. The number of anilines is 1. The zero-order chi connectivity index (χ0) is 24.9. The summed E-state index contributed by atoms with van der Waals surface area (Å²) in [7, 11) is 0. The molecule has 9 heteroatoms. The fourth-order valence-electron chi connectivity index (χ4n) is 4.36. The Bertz CT molecular complexity index is 1450. The second kappa shape index (κ2) is 8.91. The summed E-state index contributed by atoms with van der Waals surface area (Å²) in [5.41, 5.74) is 2.49. The Hall–Kier alpha value is -2.98. The number of benzene rings is 3. The van der Waals surface area contributed by atoms with Gasteiger partial charge in [0.15, 0.2) is 5.58 Å². The average Bonchev–Trinajstić information content (AvgIpc) is 3.31. The molecule has 0 aliphatic carbocycles. The van der Waals surface area contributed by atoms with E-state index in [1.807, 2.05) is 38.1 Å². The summed E-state index contributed by atoms with van der Waals surface area (Å²) in [6, 6.07) is 15.2. The maximum absolute atomic E-state index is 14.5. The van der Waals surface area contributed by atoms with Crippen molar-refractivity contribution in [2.45, 2.75) is 32.4 Å². The topological polar surface area (TPSA) is 75.4 Å². The molecule has 0 saturated carbocycles. The molecule has 6 nitrogen and oxygen atoms in total. The molecule has 178 valence electrons. The lowest BCUT2D eigenvalue weighted by atomic mass is 9.86. The van der Waals surface area contributed by atoms with Crippen molar-refractivity contribution in [2.24, 2.45) is 0 Å². The molecule has 35 heavy (non-hydrogen) atoms. The lowest BCUT2D eigenvalue weighted by Crippen LogP contribution is -2.36. The molecule has 2 heterocycles. The Balaban J connectivity index is 1.45. The van der Waals surface area contributed by atoms with Crippen molar-refractivity contribution in [2.75, 3.05) is 4.90 Å². The van der Waals surface area contributed by atoms with Crippen molar-refractivity contribution in [3.05, 3.63) is 91.6 Å². The number of aromatic nitrogens is 1. The van der Waals surface area contributed by atoms with Gasteiger partial charge in [-0.15, -0.1) is 0 Å². The van der Waals surface area contributed by atoms with Crippen LogP contribution in [0.25, 0.3) is 11.1 Å². The molecule has 4 aromatic rings. The summed E-state index contributed by atoms with van der Waals surface area (Å²) in [5, 5.41) is 3.07. The highest BCUT2D eigenvalue weighted by molar-refractivity contribution is 14.1. The quantitative estimate of drug-likeness (QED) is 0.285. The van der Waals surface area contributed by atoms with Crippen molar-refractivity contribution in [3.63, 3.8) is 0 Å². The van der Waals surface area contributed by atoms with Gasteiger partial charge in [-0.25, -0.2) is 9.37 Å². The summed E-state index contributed by atoms with van der Waals surface area (Å²) in [4.78, 5) is 32.3. The Morgan fingerprint density at radius 3 is 2.71 bits per heavy atom. The van der Waals surface area contributed by atoms with Gasteiger partial charge in [-0.05, 0) is 72.8 Å². The molecule has 5 rings (SSSR count). The van der Waals surface area contributed by atoms with Gasteiger partial charge in [0.1, 0.15) is 11.3 Å². The van der Waals surface area contributed by atoms with Gasteiger partial charge in [0.25, 0.3) is 5.91 Å². The van der Waals surface area contributed by atoms with Crippen LogP contribution in [0.1, 0.15) is 41.2 Å². The van der Waals surface area contributed by atoms with E-state index in [0.29, 0.717) is 28.2 Å².